The van der Waals surface area contributed by atoms with Crippen LogP contribution in [0.4, 0.5) is 0 Å². The quantitative estimate of drug-likeness (QED) is 0.153. The van der Waals surface area contributed by atoms with Crippen LogP contribution in [0.5, 0.6) is 0 Å². The third kappa shape index (κ3) is 5.18. The van der Waals surface area contributed by atoms with E-state index < -0.39 is 21.6 Å². The standard InChI is InChI=1S/C27H25NO6S/c1-3-28(4-2)35(31,32)22-13-9-19(10-14-22)11-16-25(29)33-18-21-17-26(30)34-24-15-12-20-7-5-6-8-23(20)27(21)24/h5-17H,3-4,18H2,1-2H3/b16-11+. The lowest BCUT2D eigenvalue weighted by molar-refractivity contribution is -0.138. The van der Waals surface area contributed by atoms with Crippen molar-refractivity contribution in [1.29, 1.82) is 0 Å². The molecule has 0 atom stereocenters. The lowest BCUT2D eigenvalue weighted by Crippen LogP contribution is -2.30. The van der Waals surface area contributed by atoms with E-state index in [9.17, 15) is 18.0 Å². The molecule has 0 aliphatic heterocycles. The van der Waals surface area contributed by atoms with Gasteiger partial charge in [0.1, 0.15) is 12.2 Å². The maximum absolute atomic E-state index is 12.6. The molecule has 4 aromatic rings. The lowest BCUT2D eigenvalue weighted by Gasteiger charge is -2.18. The summed E-state index contributed by atoms with van der Waals surface area (Å²) in [6.45, 7) is 4.26. The van der Waals surface area contributed by atoms with Crippen LogP contribution >= 0.6 is 0 Å². The van der Waals surface area contributed by atoms with Gasteiger partial charge in [-0.05, 0) is 40.6 Å². The molecule has 35 heavy (non-hydrogen) atoms. The molecule has 180 valence electrons. The molecule has 0 N–H and O–H groups in total. The Balaban J connectivity index is 1.50. The highest BCUT2D eigenvalue weighted by molar-refractivity contribution is 7.89. The Bertz CT molecular complexity index is 1570. The smallest absolute Gasteiger partial charge is 0.336 e. The zero-order valence-corrected chi connectivity index (χ0v) is 20.2. The van der Waals surface area contributed by atoms with Gasteiger partial charge in [0, 0.05) is 36.2 Å². The molecule has 0 saturated heterocycles. The summed E-state index contributed by atoms with van der Waals surface area (Å²) in [6.07, 6.45) is 2.81. The molecule has 0 amide bonds. The fraction of sp³-hybridized carbons (Fsp3) is 0.185. The minimum atomic E-state index is -3.54. The van der Waals surface area contributed by atoms with E-state index in [0.717, 1.165) is 16.2 Å². The summed E-state index contributed by atoms with van der Waals surface area (Å²) in [5, 5.41) is 2.60. The predicted octanol–water partition coefficient (Wildman–Crippen LogP) is 4.73. The highest BCUT2D eigenvalue weighted by Gasteiger charge is 2.21. The van der Waals surface area contributed by atoms with E-state index in [-0.39, 0.29) is 11.5 Å². The second-order valence-corrected chi connectivity index (χ2v) is 9.79. The maximum Gasteiger partial charge on any atom is 0.336 e. The molecule has 0 aliphatic rings. The van der Waals surface area contributed by atoms with Crippen molar-refractivity contribution in [1.82, 2.24) is 4.31 Å². The van der Waals surface area contributed by atoms with Gasteiger partial charge in [-0.25, -0.2) is 18.0 Å². The van der Waals surface area contributed by atoms with Gasteiger partial charge in [0.05, 0.1) is 4.90 Å². The molecule has 7 nitrogen and oxygen atoms in total. The van der Waals surface area contributed by atoms with Gasteiger partial charge in [-0.1, -0.05) is 56.3 Å². The van der Waals surface area contributed by atoms with Crippen molar-refractivity contribution in [3.63, 3.8) is 0 Å². The normalized spacial score (nSPS) is 12.1. The zero-order valence-electron chi connectivity index (χ0n) is 19.4. The molecule has 0 bridgehead atoms. The number of nitrogens with zero attached hydrogens (tertiary/aromatic N) is 1. The number of hydrogen-bond acceptors (Lipinski definition) is 6. The van der Waals surface area contributed by atoms with E-state index in [1.165, 1.54) is 28.6 Å². The van der Waals surface area contributed by atoms with Crippen molar-refractivity contribution >= 4 is 43.8 Å². The first-order chi connectivity index (χ1) is 16.8. The van der Waals surface area contributed by atoms with Crippen molar-refractivity contribution in [2.45, 2.75) is 25.3 Å². The summed E-state index contributed by atoms with van der Waals surface area (Å²) >= 11 is 0. The first kappa shape index (κ1) is 24.4. The van der Waals surface area contributed by atoms with E-state index in [0.29, 0.717) is 29.8 Å². The van der Waals surface area contributed by atoms with Crippen LogP contribution in [0.15, 0.2) is 86.9 Å². The molecule has 0 unspecified atom stereocenters. The molecule has 0 saturated carbocycles. The SMILES string of the molecule is CCN(CC)S(=O)(=O)c1ccc(/C=C/C(=O)OCc2cc(=O)oc3ccc4ccccc4c23)cc1. The molecule has 8 heteroatoms. The Kier molecular flexibility index (Phi) is 7.14. The van der Waals surface area contributed by atoms with Crippen LogP contribution in [0.25, 0.3) is 27.8 Å². The summed E-state index contributed by atoms with van der Waals surface area (Å²) in [4.78, 5) is 24.6. The topological polar surface area (TPSA) is 93.9 Å². The fourth-order valence-corrected chi connectivity index (χ4v) is 5.42. The molecule has 1 heterocycles. The Morgan fingerprint density at radius 1 is 1.00 bits per heavy atom. The number of hydrogen-bond donors (Lipinski definition) is 0. The third-order valence-electron chi connectivity index (χ3n) is 5.72. The lowest BCUT2D eigenvalue weighted by atomic mass is 10.0. The highest BCUT2D eigenvalue weighted by Crippen LogP contribution is 2.27. The van der Waals surface area contributed by atoms with Gasteiger partial charge in [-0.15, -0.1) is 0 Å². The van der Waals surface area contributed by atoms with Gasteiger partial charge >= 0.3 is 11.6 Å². The van der Waals surface area contributed by atoms with Crippen molar-refractivity contribution in [2.75, 3.05) is 13.1 Å². The third-order valence-corrected chi connectivity index (χ3v) is 7.78. The van der Waals surface area contributed by atoms with Gasteiger partial charge in [-0.3, -0.25) is 0 Å². The Morgan fingerprint density at radius 3 is 2.43 bits per heavy atom. The minimum absolute atomic E-state index is 0.0969. The number of esters is 1. The largest absolute Gasteiger partial charge is 0.458 e. The summed E-state index contributed by atoms with van der Waals surface area (Å²) in [5.74, 6) is -0.591. The number of fused-ring (bicyclic) bond motifs is 3. The molecule has 1 aromatic heterocycles. The summed E-state index contributed by atoms with van der Waals surface area (Å²) in [5.41, 5.74) is 1.12. The van der Waals surface area contributed by atoms with Gasteiger partial charge < -0.3 is 9.15 Å². The monoisotopic (exact) mass is 491 g/mol. The summed E-state index contributed by atoms with van der Waals surface area (Å²) in [6, 6.07) is 18.9. The average Bonchev–Trinajstić information content (AvgIpc) is 2.86. The first-order valence-electron chi connectivity index (χ1n) is 11.2. The predicted molar refractivity (Wildman–Crippen MR) is 135 cm³/mol. The van der Waals surface area contributed by atoms with Gasteiger partial charge in [0.2, 0.25) is 10.0 Å². The van der Waals surface area contributed by atoms with Crippen LogP contribution in [-0.2, 0) is 26.2 Å². The first-order valence-corrected chi connectivity index (χ1v) is 12.7. The molecule has 0 spiro atoms. The second kappa shape index (κ2) is 10.2. The number of sulfonamides is 1. The van der Waals surface area contributed by atoms with Crippen LogP contribution < -0.4 is 5.63 Å². The number of carbonyl (C=O) groups excluding carboxylic acids is 1. The molecule has 0 aliphatic carbocycles. The maximum atomic E-state index is 12.6. The van der Waals surface area contributed by atoms with Crippen molar-refractivity contribution in [3.05, 3.63) is 94.4 Å². The highest BCUT2D eigenvalue weighted by atomic mass is 32.2. The summed E-state index contributed by atoms with van der Waals surface area (Å²) < 4.78 is 37.3. The second-order valence-electron chi connectivity index (χ2n) is 7.85. The Labute approximate surface area is 203 Å². The molecular weight excluding hydrogens is 466 g/mol. The average molecular weight is 492 g/mol. The van der Waals surface area contributed by atoms with Gasteiger partial charge in [-0.2, -0.15) is 4.31 Å². The van der Waals surface area contributed by atoms with E-state index in [1.54, 1.807) is 38.1 Å². The number of ether oxygens (including phenoxy) is 1. The number of carbonyl (C=O) groups is 1. The van der Waals surface area contributed by atoms with Gasteiger partial charge in [0.25, 0.3) is 0 Å². The molecule has 0 fully saturated rings. The van der Waals surface area contributed by atoms with E-state index >= 15 is 0 Å². The molecule has 4 rings (SSSR count). The Hall–Kier alpha value is -3.75. The minimum Gasteiger partial charge on any atom is -0.458 e. The van der Waals surface area contributed by atoms with E-state index in [1.807, 2.05) is 30.3 Å². The van der Waals surface area contributed by atoms with Crippen LogP contribution in [0, 0.1) is 0 Å². The van der Waals surface area contributed by atoms with Crippen LogP contribution in [0.1, 0.15) is 25.0 Å². The van der Waals surface area contributed by atoms with Crippen molar-refractivity contribution in [3.8, 4) is 0 Å². The molecule has 3 aromatic carbocycles. The van der Waals surface area contributed by atoms with Gasteiger partial charge in [0.15, 0.2) is 0 Å². The zero-order chi connectivity index (χ0) is 25.0. The van der Waals surface area contributed by atoms with Crippen LogP contribution in [0.3, 0.4) is 0 Å². The van der Waals surface area contributed by atoms with Crippen LogP contribution in [-0.4, -0.2) is 31.8 Å². The van der Waals surface area contributed by atoms with Crippen molar-refractivity contribution in [2.24, 2.45) is 0 Å². The van der Waals surface area contributed by atoms with E-state index in [4.69, 9.17) is 9.15 Å². The van der Waals surface area contributed by atoms with E-state index in [2.05, 4.69) is 0 Å². The molecular formula is C27H25NO6S. The van der Waals surface area contributed by atoms with Crippen LogP contribution in [0.2, 0.25) is 0 Å². The summed E-state index contributed by atoms with van der Waals surface area (Å²) in [7, 11) is -3.54. The fourth-order valence-electron chi connectivity index (χ4n) is 3.96. The number of rotatable bonds is 8. The number of benzene rings is 3. The Morgan fingerprint density at radius 2 is 1.71 bits per heavy atom. The van der Waals surface area contributed by atoms with Crippen molar-refractivity contribution < 1.29 is 22.4 Å². The molecule has 0 radical (unpaired) electrons.